The predicted molar refractivity (Wildman–Crippen MR) is 106 cm³/mol. The molecule has 1 aliphatic heterocycles. The lowest BCUT2D eigenvalue weighted by Crippen LogP contribution is -2.42. The molecule has 1 saturated heterocycles. The molecule has 0 spiro atoms. The number of amides is 2. The van der Waals surface area contributed by atoms with Gasteiger partial charge in [-0.2, -0.15) is 0 Å². The highest BCUT2D eigenvalue weighted by Gasteiger charge is 2.31. The average molecular weight is 387 g/mol. The zero-order valence-corrected chi connectivity index (χ0v) is 16.2. The van der Waals surface area contributed by atoms with Crippen molar-refractivity contribution in [2.45, 2.75) is 38.3 Å². The highest BCUT2D eigenvalue weighted by molar-refractivity contribution is 6.34. The molecule has 0 saturated carbocycles. The van der Waals surface area contributed by atoms with Gasteiger partial charge in [-0.3, -0.25) is 9.59 Å². The van der Waals surface area contributed by atoms with Gasteiger partial charge in [0.25, 0.3) is 5.91 Å². The van der Waals surface area contributed by atoms with Crippen molar-refractivity contribution in [3.8, 4) is 0 Å². The van der Waals surface area contributed by atoms with Gasteiger partial charge in [0.05, 0.1) is 22.2 Å². The van der Waals surface area contributed by atoms with Crippen LogP contribution in [0.1, 0.15) is 48.7 Å². The normalized spacial score (nSPS) is 15.7. The Labute approximate surface area is 163 Å². The number of rotatable bonds is 5. The SMILES string of the molecule is CC(C)(O)C(NC(=O)c1cc(N2CCCC2=O)ccc1Cl)c1ccccc1. The molecule has 27 heavy (non-hydrogen) atoms. The Balaban J connectivity index is 1.89. The number of hydrogen-bond donors (Lipinski definition) is 2. The molecular formula is C21H23ClN2O3. The minimum absolute atomic E-state index is 0.0438. The summed E-state index contributed by atoms with van der Waals surface area (Å²) in [7, 11) is 0. The van der Waals surface area contributed by atoms with Crippen LogP contribution in [-0.2, 0) is 4.79 Å². The largest absolute Gasteiger partial charge is 0.388 e. The summed E-state index contributed by atoms with van der Waals surface area (Å²) in [6, 6.07) is 13.7. The van der Waals surface area contributed by atoms with E-state index in [1.807, 2.05) is 30.3 Å². The molecule has 0 radical (unpaired) electrons. The third-order valence-electron chi connectivity index (χ3n) is 4.69. The van der Waals surface area contributed by atoms with Gasteiger partial charge in [-0.05, 0) is 44.0 Å². The first kappa shape index (κ1) is 19.4. The maximum atomic E-state index is 12.9. The van der Waals surface area contributed by atoms with Crippen molar-refractivity contribution < 1.29 is 14.7 Å². The van der Waals surface area contributed by atoms with Gasteiger partial charge in [0, 0.05) is 18.7 Å². The lowest BCUT2D eigenvalue weighted by Gasteiger charge is -2.31. The number of nitrogens with one attached hydrogen (secondary N) is 1. The van der Waals surface area contributed by atoms with E-state index < -0.39 is 17.6 Å². The molecule has 2 aromatic rings. The Hall–Kier alpha value is -2.37. The van der Waals surface area contributed by atoms with E-state index in [2.05, 4.69) is 5.32 Å². The lowest BCUT2D eigenvalue weighted by molar-refractivity contribution is -0.117. The van der Waals surface area contributed by atoms with Crippen LogP contribution < -0.4 is 10.2 Å². The Morgan fingerprint density at radius 1 is 1.22 bits per heavy atom. The minimum Gasteiger partial charge on any atom is -0.388 e. The minimum atomic E-state index is -1.17. The quantitative estimate of drug-likeness (QED) is 0.823. The standard InChI is InChI=1S/C21H23ClN2O3/c1-21(2,27)19(14-7-4-3-5-8-14)23-20(26)16-13-15(10-11-17(16)22)24-12-6-9-18(24)25/h3-5,7-8,10-11,13,19,27H,6,9,12H2,1-2H3,(H,23,26). The first-order chi connectivity index (χ1) is 12.8. The second-order valence-corrected chi connectivity index (χ2v) is 7.69. The number of hydrogen-bond acceptors (Lipinski definition) is 3. The van der Waals surface area contributed by atoms with Crippen molar-refractivity contribution in [3.05, 3.63) is 64.7 Å². The van der Waals surface area contributed by atoms with Crippen molar-refractivity contribution in [2.75, 3.05) is 11.4 Å². The molecule has 1 atom stereocenters. The predicted octanol–water partition coefficient (Wildman–Crippen LogP) is 3.71. The Morgan fingerprint density at radius 3 is 2.52 bits per heavy atom. The maximum Gasteiger partial charge on any atom is 0.253 e. The van der Waals surface area contributed by atoms with Gasteiger partial charge in [-0.25, -0.2) is 0 Å². The van der Waals surface area contributed by atoms with E-state index in [1.54, 1.807) is 36.9 Å². The molecule has 2 aromatic carbocycles. The van der Waals surface area contributed by atoms with E-state index >= 15 is 0 Å². The molecule has 1 heterocycles. The van der Waals surface area contributed by atoms with Crippen LogP contribution >= 0.6 is 11.6 Å². The van der Waals surface area contributed by atoms with Crippen LogP contribution in [0.15, 0.2) is 48.5 Å². The molecular weight excluding hydrogens is 364 g/mol. The second kappa shape index (κ2) is 7.71. The Bertz CT molecular complexity index is 846. The summed E-state index contributed by atoms with van der Waals surface area (Å²) in [5, 5.41) is 13.7. The van der Waals surface area contributed by atoms with Gasteiger partial charge in [-0.1, -0.05) is 41.9 Å². The smallest absolute Gasteiger partial charge is 0.253 e. The van der Waals surface area contributed by atoms with Crippen molar-refractivity contribution in [1.82, 2.24) is 5.32 Å². The van der Waals surface area contributed by atoms with Crippen LogP contribution in [0.3, 0.4) is 0 Å². The zero-order chi connectivity index (χ0) is 19.6. The summed E-state index contributed by atoms with van der Waals surface area (Å²) in [4.78, 5) is 26.6. The monoisotopic (exact) mass is 386 g/mol. The van der Waals surface area contributed by atoms with Crippen LogP contribution in [0.4, 0.5) is 5.69 Å². The van der Waals surface area contributed by atoms with E-state index in [1.165, 1.54) is 0 Å². The van der Waals surface area contributed by atoms with Gasteiger partial charge < -0.3 is 15.3 Å². The first-order valence-corrected chi connectivity index (χ1v) is 9.33. The number of benzene rings is 2. The highest BCUT2D eigenvalue weighted by atomic mass is 35.5. The van der Waals surface area contributed by atoms with Crippen molar-refractivity contribution in [1.29, 1.82) is 0 Å². The summed E-state index contributed by atoms with van der Waals surface area (Å²) < 4.78 is 0. The summed E-state index contributed by atoms with van der Waals surface area (Å²) in [6.45, 7) is 3.93. The first-order valence-electron chi connectivity index (χ1n) is 8.95. The van der Waals surface area contributed by atoms with Crippen LogP contribution in [0.5, 0.6) is 0 Å². The second-order valence-electron chi connectivity index (χ2n) is 7.28. The molecule has 0 bridgehead atoms. The third kappa shape index (κ3) is 4.31. The molecule has 6 heteroatoms. The number of aliphatic hydroxyl groups is 1. The molecule has 3 rings (SSSR count). The number of nitrogens with zero attached hydrogens (tertiary/aromatic N) is 1. The topological polar surface area (TPSA) is 69.6 Å². The van der Waals surface area contributed by atoms with E-state index in [0.29, 0.717) is 23.7 Å². The van der Waals surface area contributed by atoms with Crippen molar-refractivity contribution >= 4 is 29.1 Å². The summed E-state index contributed by atoms with van der Waals surface area (Å²) >= 11 is 6.25. The third-order valence-corrected chi connectivity index (χ3v) is 5.02. The zero-order valence-electron chi connectivity index (χ0n) is 15.4. The van der Waals surface area contributed by atoms with E-state index in [4.69, 9.17) is 11.6 Å². The van der Waals surface area contributed by atoms with Crippen LogP contribution in [-0.4, -0.2) is 29.1 Å². The molecule has 0 aliphatic carbocycles. The molecule has 2 N–H and O–H groups in total. The molecule has 1 aliphatic rings. The van der Waals surface area contributed by atoms with Crippen molar-refractivity contribution in [3.63, 3.8) is 0 Å². The average Bonchev–Trinajstić information content (AvgIpc) is 3.05. The molecule has 1 unspecified atom stereocenters. The molecule has 0 aromatic heterocycles. The highest BCUT2D eigenvalue weighted by Crippen LogP contribution is 2.29. The fourth-order valence-electron chi connectivity index (χ4n) is 3.30. The van der Waals surface area contributed by atoms with Gasteiger partial charge in [0.2, 0.25) is 5.91 Å². The summed E-state index contributed by atoms with van der Waals surface area (Å²) in [5.41, 5.74) is 0.553. The fourth-order valence-corrected chi connectivity index (χ4v) is 3.50. The van der Waals surface area contributed by atoms with Gasteiger partial charge in [-0.15, -0.1) is 0 Å². The summed E-state index contributed by atoms with van der Waals surface area (Å²) in [6.07, 6.45) is 1.32. The van der Waals surface area contributed by atoms with Gasteiger partial charge in [0.1, 0.15) is 0 Å². The number of carbonyl (C=O) groups is 2. The van der Waals surface area contributed by atoms with E-state index in [0.717, 1.165) is 12.0 Å². The van der Waals surface area contributed by atoms with Crippen LogP contribution in [0.2, 0.25) is 5.02 Å². The molecule has 142 valence electrons. The molecule has 1 fully saturated rings. The van der Waals surface area contributed by atoms with Crippen LogP contribution in [0, 0.1) is 0 Å². The molecule has 5 nitrogen and oxygen atoms in total. The molecule has 2 amide bonds. The number of halogens is 1. The van der Waals surface area contributed by atoms with Gasteiger partial charge >= 0.3 is 0 Å². The fraction of sp³-hybridized carbons (Fsp3) is 0.333. The lowest BCUT2D eigenvalue weighted by atomic mass is 9.91. The maximum absolute atomic E-state index is 12.9. The number of anilines is 1. The number of carbonyl (C=O) groups excluding carboxylic acids is 2. The van der Waals surface area contributed by atoms with Crippen LogP contribution in [0.25, 0.3) is 0 Å². The Kier molecular flexibility index (Phi) is 5.53. The van der Waals surface area contributed by atoms with Gasteiger partial charge in [0.15, 0.2) is 0 Å². The van der Waals surface area contributed by atoms with E-state index in [-0.39, 0.29) is 11.5 Å². The summed E-state index contributed by atoms with van der Waals surface area (Å²) in [5.74, 6) is -0.355. The van der Waals surface area contributed by atoms with Crippen molar-refractivity contribution in [2.24, 2.45) is 0 Å². The Morgan fingerprint density at radius 2 is 1.93 bits per heavy atom. The van der Waals surface area contributed by atoms with E-state index in [9.17, 15) is 14.7 Å².